The number of fused-ring (bicyclic) bond motifs is 2. The van der Waals surface area contributed by atoms with Gasteiger partial charge in [0.1, 0.15) is 6.54 Å². The molecule has 2 aliphatic carbocycles. The lowest BCUT2D eigenvalue weighted by atomic mass is 9.95. The number of hydrogen-bond acceptors (Lipinski definition) is 3. The molecule has 3 rings (SSSR count). The molecule has 2 bridgehead atoms. The minimum atomic E-state index is -3.54. The first kappa shape index (κ1) is 16.6. The van der Waals surface area contributed by atoms with Gasteiger partial charge in [0.25, 0.3) is 0 Å². The second-order valence-corrected chi connectivity index (χ2v) is 8.94. The minimum absolute atomic E-state index is 0.200. The Balaban J connectivity index is 1.69. The van der Waals surface area contributed by atoms with Crippen LogP contribution < -0.4 is 9.62 Å². The predicted molar refractivity (Wildman–Crippen MR) is 91.0 cm³/mol. The zero-order chi connectivity index (χ0) is 16.6. The summed E-state index contributed by atoms with van der Waals surface area (Å²) in [6.07, 6.45) is 5.75. The molecule has 7 heteroatoms. The minimum Gasteiger partial charge on any atom is -0.352 e. The molecule has 0 spiro atoms. The second-order valence-electron chi connectivity index (χ2n) is 6.59. The van der Waals surface area contributed by atoms with Gasteiger partial charge in [-0.3, -0.25) is 9.10 Å². The van der Waals surface area contributed by atoms with Gasteiger partial charge in [0.15, 0.2) is 0 Å². The fourth-order valence-corrected chi connectivity index (χ4v) is 4.79. The number of benzene rings is 1. The molecular formula is C16H21ClN2O3S. The zero-order valence-electron chi connectivity index (χ0n) is 13.0. The van der Waals surface area contributed by atoms with E-state index in [2.05, 4.69) is 5.32 Å². The van der Waals surface area contributed by atoms with Crippen molar-refractivity contribution in [1.82, 2.24) is 5.32 Å². The van der Waals surface area contributed by atoms with Crippen molar-refractivity contribution in [3.8, 4) is 0 Å². The van der Waals surface area contributed by atoms with E-state index in [0.717, 1.165) is 22.9 Å². The van der Waals surface area contributed by atoms with E-state index in [9.17, 15) is 13.2 Å². The van der Waals surface area contributed by atoms with Crippen molar-refractivity contribution in [3.63, 3.8) is 0 Å². The van der Waals surface area contributed by atoms with E-state index >= 15 is 0 Å². The zero-order valence-corrected chi connectivity index (χ0v) is 14.6. The highest BCUT2D eigenvalue weighted by atomic mass is 35.5. The molecule has 1 aromatic rings. The Hall–Kier alpha value is -1.27. The summed E-state index contributed by atoms with van der Waals surface area (Å²) in [5.74, 6) is 1.04. The Kier molecular flexibility index (Phi) is 4.56. The van der Waals surface area contributed by atoms with Crippen LogP contribution in [0.15, 0.2) is 24.3 Å². The highest BCUT2D eigenvalue weighted by molar-refractivity contribution is 7.92. The standard InChI is InChI=1S/C16H21ClN2O3S/c1-23(21,22)19(14-6-4-13(17)5-7-14)10-16(20)18-15-9-11-2-3-12(15)8-11/h4-7,11-12,15H,2-3,8-10H2,1H3,(H,18,20)/t11-,12+,15-/m1/s1. The van der Waals surface area contributed by atoms with E-state index in [1.54, 1.807) is 24.3 Å². The van der Waals surface area contributed by atoms with E-state index in [4.69, 9.17) is 11.6 Å². The number of rotatable bonds is 5. The van der Waals surface area contributed by atoms with Crippen LogP contribution in [-0.2, 0) is 14.8 Å². The van der Waals surface area contributed by atoms with Crippen molar-refractivity contribution in [1.29, 1.82) is 0 Å². The highest BCUT2D eigenvalue weighted by Crippen LogP contribution is 2.44. The summed E-state index contributed by atoms with van der Waals surface area (Å²) in [6.45, 7) is -0.200. The van der Waals surface area contributed by atoms with Crippen LogP contribution in [0.2, 0.25) is 5.02 Å². The summed E-state index contributed by atoms with van der Waals surface area (Å²) >= 11 is 5.84. The summed E-state index contributed by atoms with van der Waals surface area (Å²) < 4.78 is 25.2. The number of sulfonamides is 1. The summed E-state index contributed by atoms with van der Waals surface area (Å²) in [5.41, 5.74) is 0.444. The molecule has 23 heavy (non-hydrogen) atoms. The number of hydrogen-bond donors (Lipinski definition) is 1. The SMILES string of the molecule is CS(=O)(=O)N(CC(=O)N[C@@H]1C[C@@H]2CC[C@H]1C2)c1ccc(Cl)cc1. The Morgan fingerprint density at radius 2 is 1.96 bits per heavy atom. The average molecular weight is 357 g/mol. The van der Waals surface area contributed by atoms with E-state index in [0.29, 0.717) is 16.6 Å². The molecule has 0 heterocycles. The molecule has 0 unspecified atom stereocenters. The molecule has 126 valence electrons. The number of halogens is 1. The Morgan fingerprint density at radius 1 is 1.26 bits per heavy atom. The normalized spacial score (nSPS) is 26.3. The van der Waals surface area contributed by atoms with Gasteiger partial charge in [-0.2, -0.15) is 0 Å². The topological polar surface area (TPSA) is 66.5 Å². The molecule has 1 N–H and O–H groups in total. The first-order chi connectivity index (χ1) is 10.8. The summed E-state index contributed by atoms with van der Waals surface area (Å²) in [6, 6.07) is 6.64. The van der Waals surface area contributed by atoms with Gasteiger partial charge >= 0.3 is 0 Å². The molecule has 0 saturated heterocycles. The van der Waals surface area contributed by atoms with E-state index in [1.807, 2.05) is 0 Å². The molecule has 3 atom stereocenters. The van der Waals surface area contributed by atoms with Crippen LogP contribution >= 0.6 is 11.6 Å². The lowest BCUT2D eigenvalue weighted by Crippen LogP contribution is -2.45. The van der Waals surface area contributed by atoms with Crippen molar-refractivity contribution in [2.75, 3.05) is 17.1 Å². The van der Waals surface area contributed by atoms with Crippen LogP contribution in [0.1, 0.15) is 25.7 Å². The van der Waals surface area contributed by atoms with Gasteiger partial charge in [0, 0.05) is 11.1 Å². The van der Waals surface area contributed by atoms with Crippen LogP contribution in [-0.4, -0.2) is 33.2 Å². The van der Waals surface area contributed by atoms with Crippen molar-refractivity contribution < 1.29 is 13.2 Å². The molecule has 1 aromatic carbocycles. The highest BCUT2D eigenvalue weighted by Gasteiger charge is 2.40. The maximum atomic E-state index is 12.3. The molecule has 2 saturated carbocycles. The molecule has 0 radical (unpaired) electrons. The third-order valence-electron chi connectivity index (χ3n) is 4.89. The first-order valence-electron chi connectivity index (χ1n) is 7.85. The Morgan fingerprint density at radius 3 is 2.48 bits per heavy atom. The molecular weight excluding hydrogens is 336 g/mol. The first-order valence-corrected chi connectivity index (χ1v) is 10.1. The third-order valence-corrected chi connectivity index (χ3v) is 6.28. The Bertz CT molecular complexity index is 690. The molecule has 1 amide bonds. The molecule has 2 fully saturated rings. The number of amides is 1. The lowest BCUT2D eigenvalue weighted by molar-refractivity contribution is -0.120. The Labute approximate surface area is 142 Å². The number of anilines is 1. The van der Waals surface area contributed by atoms with Crippen molar-refractivity contribution in [2.45, 2.75) is 31.7 Å². The van der Waals surface area contributed by atoms with E-state index in [1.165, 1.54) is 19.3 Å². The fraction of sp³-hybridized carbons (Fsp3) is 0.562. The quantitative estimate of drug-likeness (QED) is 0.881. The van der Waals surface area contributed by atoms with Gasteiger partial charge in [0.05, 0.1) is 11.9 Å². The fourth-order valence-electron chi connectivity index (χ4n) is 3.81. The smallest absolute Gasteiger partial charge is 0.241 e. The predicted octanol–water partition coefficient (Wildman–Crippen LogP) is 2.41. The van der Waals surface area contributed by atoms with Gasteiger partial charge in [0.2, 0.25) is 15.9 Å². The van der Waals surface area contributed by atoms with Crippen molar-refractivity contribution in [2.24, 2.45) is 11.8 Å². The van der Waals surface area contributed by atoms with Crippen LogP contribution in [0.5, 0.6) is 0 Å². The van der Waals surface area contributed by atoms with Gasteiger partial charge < -0.3 is 5.32 Å². The number of nitrogens with one attached hydrogen (secondary N) is 1. The number of nitrogens with zero attached hydrogens (tertiary/aromatic N) is 1. The van der Waals surface area contributed by atoms with E-state index < -0.39 is 10.0 Å². The van der Waals surface area contributed by atoms with Crippen LogP contribution in [0.3, 0.4) is 0 Å². The van der Waals surface area contributed by atoms with Crippen LogP contribution in [0.25, 0.3) is 0 Å². The number of carbonyl (C=O) groups excluding carboxylic acids is 1. The van der Waals surface area contributed by atoms with Crippen molar-refractivity contribution >= 4 is 33.2 Å². The lowest BCUT2D eigenvalue weighted by Gasteiger charge is -2.26. The van der Waals surface area contributed by atoms with Gasteiger partial charge in [-0.1, -0.05) is 18.0 Å². The second kappa shape index (κ2) is 6.32. The van der Waals surface area contributed by atoms with E-state index in [-0.39, 0.29) is 18.5 Å². The molecule has 5 nitrogen and oxygen atoms in total. The van der Waals surface area contributed by atoms with Gasteiger partial charge in [-0.15, -0.1) is 0 Å². The van der Waals surface area contributed by atoms with Gasteiger partial charge in [-0.05, 0) is 55.4 Å². The summed E-state index contributed by atoms with van der Waals surface area (Å²) in [7, 11) is -3.54. The van der Waals surface area contributed by atoms with Gasteiger partial charge in [-0.25, -0.2) is 8.42 Å². The average Bonchev–Trinajstić information content (AvgIpc) is 3.07. The monoisotopic (exact) mass is 356 g/mol. The molecule has 0 aromatic heterocycles. The van der Waals surface area contributed by atoms with Crippen LogP contribution in [0.4, 0.5) is 5.69 Å². The largest absolute Gasteiger partial charge is 0.352 e. The third kappa shape index (κ3) is 3.80. The van der Waals surface area contributed by atoms with Crippen molar-refractivity contribution in [3.05, 3.63) is 29.3 Å². The van der Waals surface area contributed by atoms with Crippen LogP contribution in [0, 0.1) is 11.8 Å². The number of carbonyl (C=O) groups is 1. The molecule has 2 aliphatic rings. The summed E-state index contributed by atoms with van der Waals surface area (Å²) in [4.78, 5) is 12.3. The molecule has 0 aliphatic heterocycles. The maximum absolute atomic E-state index is 12.3. The maximum Gasteiger partial charge on any atom is 0.241 e. The summed E-state index contributed by atoms with van der Waals surface area (Å²) in [5, 5.41) is 3.54.